The van der Waals surface area contributed by atoms with E-state index in [0.29, 0.717) is 22.1 Å². The van der Waals surface area contributed by atoms with Crippen molar-refractivity contribution in [2.75, 3.05) is 5.32 Å². The number of hydrogen-bond acceptors (Lipinski definition) is 4. The van der Waals surface area contributed by atoms with Gasteiger partial charge in [0.1, 0.15) is 0 Å². The number of nitrogens with one attached hydrogen (secondary N) is 1. The van der Waals surface area contributed by atoms with Gasteiger partial charge in [-0.1, -0.05) is 41.4 Å². The minimum Gasteiger partial charge on any atom is -0.321 e. The monoisotopic (exact) mass is 391 g/mol. The smallest absolute Gasteiger partial charge is 0.278 e. The first-order chi connectivity index (χ1) is 13.4. The van der Waals surface area contributed by atoms with Crippen LogP contribution in [0.15, 0.2) is 48.5 Å². The molecule has 0 atom stereocenters. The molecule has 0 spiro atoms. The normalized spacial score (nSPS) is 11.0. The van der Waals surface area contributed by atoms with E-state index in [9.17, 15) is 4.79 Å². The third-order valence-electron chi connectivity index (χ3n) is 4.60. The standard InChI is InChI=1S/C21H18ClN5O/c1-12-4-10-17(11-5-12)23-21(28)19-14(3)27-20(25-24-19)18(13(2)26-27)15-6-8-16(22)9-7-15/h4-11H,1-3H3,(H,23,28). The third-order valence-corrected chi connectivity index (χ3v) is 4.85. The van der Waals surface area contributed by atoms with Gasteiger partial charge >= 0.3 is 0 Å². The van der Waals surface area contributed by atoms with E-state index < -0.39 is 0 Å². The van der Waals surface area contributed by atoms with Gasteiger partial charge in [-0.2, -0.15) is 5.10 Å². The number of rotatable bonds is 3. The van der Waals surface area contributed by atoms with E-state index in [4.69, 9.17) is 11.6 Å². The molecule has 0 unspecified atom stereocenters. The van der Waals surface area contributed by atoms with Gasteiger partial charge in [0, 0.05) is 10.7 Å². The number of anilines is 1. The van der Waals surface area contributed by atoms with Gasteiger partial charge < -0.3 is 5.32 Å². The maximum atomic E-state index is 12.7. The summed E-state index contributed by atoms with van der Waals surface area (Å²) in [4.78, 5) is 12.7. The van der Waals surface area contributed by atoms with Crippen LogP contribution >= 0.6 is 11.6 Å². The first kappa shape index (κ1) is 18.1. The van der Waals surface area contributed by atoms with E-state index in [1.807, 2.05) is 69.3 Å². The molecule has 28 heavy (non-hydrogen) atoms. The fourth-order valence-electron chi connectivity index (χ4n) is 3.10. The summed E-state index contributed by atoms with van der Waals surface area (Å²) in [6.07, 6.45) is 0. The molecule has 0 aliphatic heterocycles. The van der Waals surface area contributed by atoms with Crippen molar-refractivity contribution in [2.24, 2.45) is 0 Å². The van der Waals surface area contributed by atoms with Crippen molar-refractivity contribution < 1.29 is 4.79 Å². The summed E-state index contributed by atoms with van der Waals surface area (Å²) in [6, 6.07) is 15.1. The number of benzene rings is 2. The minimum absolute atomic E-state index is 0.234. The van der Waals surface area contributed by atoms with Crippen molar-refractivity contribution in [3.63, 3.8) is 0 Å². The summed E-state index contributed by atoms with van der Waals surface area (Å²) in [6.45, 7) is 5.71. The third kappa shape index (κ3) is 3.23. The highest BCUT2D eigenvalue weighted by Crippen LogP contribution is 2.28. The van der Waals surface area contributed by atoms with Crippen molar-refractivity contribution in [3.8, 4) is 11.1 Å². The zero-order valence-corrected chi connectivity index (χ0v) is 16.4. The molecule has 0 radical (unpaired) electrons. The molecule has 0 saturated heterocycles. The van der Waals surface area contributed by atoms with Crippen molar-refractivity contribution in [2.45, 2.75) is 20.8 Å². The molecule has 0 saturated carbocycles. The molecule has 7 heteroatoms. The molecular weight excluding hydrogens is 374 g/mol. The molecule has 0 aliphatic carbocycles. The summed E-state index contributed by atoms with van der Waals surface area (Å²) in [5.41, 5.74) is 5.91. The van der Waals surface area contributed by atoms with Crippen LogP contribution in [0.5, 0.6) is 0 Å². The van der Waals surface area contributed by atoms with Crippen LogP contribution in [0.2, 0.25) is 5.02 Å². The van der Waals surface area contributed by atoms with Gasteiger partial charge in [0.25, 0.3) is 5.91 Å². The fourth-order valence-corrected chi connectivity index (χ4v) is 3.23. The summed E-state index contributed by atoms with van der Waals surface area (Å²) < 4.78 is 1.66. The fraction of sp³-hybridized carbons (Fsp3) is 0.143. The van der Waals surface area contributed by atoms with Crippen LogP contribution in [0.4, 0.5) is 5.69 Å². The number of hydrogen-bond donors (Lipinski definition) is 1. The molecule has 2 aromatic heterocycles. The number of halogens is 1. The van der Waals surface area contributed by atoms with E-state index in [1.165, 1.54) is 0 Å². The number of aryl methyl sites for hydroxylation is 3. The first-order valence-corrected chi connectivity index (χ1v) is 9.18. The van der Waals surface area contributed by atoms with E-state index in [-0.39, 0.29) is 11.6 Å². The molecule has 0 fully saturated rings. The second-order valence-electron chi connectivity index (χ2n) is 6.66. The van der Waals surface area contributed by atoms with Crippen LogP contribution < -0.4 is 5.32 Å². The Kier molecular flexibility index (Phi) is 4.57. The average Bonchev–Trinajstić information content (AvgIpc) is 3.01. The lowest BCUT2D eigenvalue weighted by Crippen LogP contribution is -2.18. The predicted octanol–water partition coefficient (Wildman–Crippen LogP) is 4.62. The van der Waals surface area contributed by atoms with E-state index in [0.717, 1.165) is 22.4 Å². The maximum Gasteiger partial charge on any atom is 0.278 e. The number of carbonyl (C=O) groups excluding carboxylic acids is 1. The molecule has 1 N–H and O–H groups in total. The van der Waals surface area contributed by atoms with Crippen LogP contribution in [-0.2, 0) is 0 Å². The zero-order chi connectivity index (χ0) is 19.8. The molecule has 4 aromatic rings. The van der Waals surface area contributed by atoms with Gasteiger partial charge in [-0.3, -0.25) is 4.79 Å². The Hall–Kier alpha value is -3.25. The second kappa shape index (κ2) is 7.05. The molecule has 2 heterocycles. The second-order valence-corrected chi connectivity index (χ2v) is 7.09. The Bertz CT molecular complexity index is 1180. The molecule has 4 rings (SSSR count). The predicted molar refractivity (Wildman–Crippen MR) is 110 cm³/mol. The summed E-state index contributed by atoms with van der Waals surface area (Å²) >= 11 is 5.99. The van der Waals surface area contributed by atoms with E-state index >= 15 is 0 Å². The lowest BCUT2D eigenvalue weighted by molar-refractivity contribution is 0.102. The highest BCUT2D eigenvalue weighted by molar-refractivity contribution is 6.30. The van der Waals surface area contributed by atoms with Crippen molar-refractivity contribution >= 4 is 28.8 Å². The summed E-state index contributed by atoms with van der Waals surface area (Å²) in [5, 5.41) is 16.6. The Morgan fingerprint density at radius 1 is 0.964 bits per heavy atom. The van der Waals surface area contributed by atoms with Crippen LogP contribution in [-0.4, -0.2) is 25.7 Å². The number of nitrogens with zero attached hydrogens (tertiary/aromatic N) is 4. The first-order valence-electron chi connectivity index (χ1n) is 8.80. The van der Waals surface area contributed by atoms with E-state index in [1.54, 1.807) is 4.52 Å². The molecule has 140 valence electrons. The molecule has 0 aliphatic rings. The van der Waals surface area contributed by atoms with Crippen molar-refractivity contribution in [3.05, 3.63) is 76.2 Å². The Balaban J connectivity index is 1.74. The summed E-state index contributed by atoms with van der Waals surface area (Å²) in [5.74, 6) is -0.322. The number of carbonyl (C=O) groups is 1. The zero-order valence-electron chi connectivity index (χ0n) is 15.7. The number of fused-ring (bicyclic) bond motifs is 1. The average molecular weight is 392 g/mol. The van der Waals surface area contributed by atoms with Gasteiger partial charge in [0.15, 0.2) is 11.3 Å². The van der Waals surface area contributed by atoms with Crippen LogP contribution in [0.3, 0.4) is 0 Å². The summed E-state index contributed by atoms with van der Waals surface area (Å²) in [7, 11) is 0. The largest absolute Gasteiger partial charge is 0.321 e. The van der Waals surface area contributed by atoms with Gasteiger partial charge in [-0.05, 0) is 50.6 Å². The number of aromatic nitrogens is 4. The minimum atomic E-state index is -0.322. The molecule has 6 nitrogen and oxygen atoms in total. The van der Waals surface area contributed by atoms with E-state index in [2.05, 4.69) is 20.6 Å². The molecule has 1 amide bonds. The molecule has 0 bridgehead atoms. The number of amides is 1. The molecular formula is C21H18ClN5O. The highest BCUT2D eigenvalue weighted by Gasteiger charge is 2.20. The van der Waals surface area contributed by atoms with Gasteiger partial charge in [0.05, 0.1) is 17.0 Å². The maximum absolute atomic E-state index is 12.7. The SMILES string of the molecule is Cc1ccc(NC(=O)c2nnc3c(-c4ccc(Cl)cc4)c(C)nn3c2C)cc1. The Labute approximate surface area is 167 Å². The Morgan fingerprint density at radius 2 is 1.64 bits per heavy atom. The lowest BCUT2D eigenvalue weighted by Gasteiger charge is -2.08. The quantitative estimate of drug-likeness (QED) is 0.553. The van der Waals surface area contributed by atoms with Crippen LogP contribution in [0, 0.1) is 20.8 Å². The van der Waals surface area contributed by atoms with Crippen molar-refractivity contribution in [1.82, 2.24) is 19.8 Å². The lowest BCUT2D eigenvalue weighted by atomic mass is 10.1. The topological polar surface area (TPSA) is 72.2 Å². The van der Waals surface area contributed by atoms with Crippen LogP contribution in [0.1, 0.15) is 27.4 Å². The van der Waals surface area contributed by atoms with Gasteiger partial charge in [-0.15, -0.1) is 10.2 Å². The Morgan fingerprint density at radius 3 is 2.32 bits per heavy atom. The van der Waals surface area contributed by atoms with Gasteiger partial charge in [0.2, 0.25) is 0 Å². The van der Waals surface area contributed by atoms with Crippen LogP contribution in [0.25, 0.3) is 16.8 Å². The van der Waals surface area contributed by atoms with Gasteiger partial charge in [-0.25, -0.2) is 4.52 Å². The van der Waals surface area contributed by atoms with Crippen molar-refractivity contribution in [1.29, 1.82) is 0 Å². The molecule has 2 aromatic carbocycles. The highest BCUT2D eigenvalue weighted by atomic mass is 35.5.